The zero-order valence-electron chi connectivity index (χ0n) is 16.5. The minimum atomic E-state index is -0.0199. The lowest BCUT2D eigenvalue weighted by atomic mass is 9.75. The summed E-state index contributed by atoms with van der Waals surface area (Å²) in [4.78, 5) is 18.5. The van der Waals surface area contributed by atoms with Crippen LogP contribution in [0.1, 0.15) is 54.1 Å². The van der Waals surface area contributed by atoms with E-state index < -0.39 is 0 Å². The summed E-state index contributed by atoms with van der Waals surface area (Å²) in [5.41, 5.74) is 2.06. The van der Waals surface area contributed by atoms with E-state index in [4.69, 9.17) is 0 Å². The second kappa shape index (κ2) is 9.65. The van der Waals surface area contributed by atoms with E-state index in [2.05, 4.69) is 59.6 Å². The Morgan fingerprint density at radius 1 is 1.11 bits per heavy atom. The maximum Gasteiger partial charge on any atom is 0.252 e. The molecule has 1 heterocycles. The molecule has 0 radical (unpaired) electrons. The lowest BCUT2D eigenvalue weighted by Gasteiger charge is -2.37. The number of benzene rings is 1. The number of rotatable bonds is 7. The topological polar surface area (TPSA) is 45.2 Å². The van der Waals surface area contributed by atoms with Gasteiger partial charge in [0.25, 0.3) is 5.91 Å². The van der Waals surface area contributed by atoms with Crippen molar-refractivity contribution in [2.24, 2.45) is 11.8 Å². The van der Waals surface area contributed by atoms with E-state index in [9.17, 15) is 4.79 Å². The van der Waals surface area contributed by atoms with Gasteiger partial charge in [0, 0.05) is 25.0 Å². The molecule has 1 aromatic heterocycles. The van der Waals surface area contributed by atoms with E-state index >= 15 is 0 Å². The van der Waals surface area contributed by atoms with Gasteiger partial charge in [0.1, 0.15) is 0 Å². The SMILES string of the molecule is CN(C)C(c1ccccc1)C1CCC(CCNC(=O)c2cccnc2)CC1. The number of aromatic nitrogens is 1. The van der Waals surface area contributed by atoms with Crippen LogP contribution in [0.15, 0.2) is 54.9 Å². The van der Waals surface area contributed by atoms with Gasteiger partial charge in [0.05, 0.1) is 5.56 Å². The number of carbonyl (C=O) groups is 1. The summed E-state index contributed by atoms with van der Waals surface area (Å²) in [5.74, 6) is 1.41. The van der Waals surface area contributed by atoms with Crippen LogP contribution in [0.5, 0.6) is 0 Å². The lowest BCUT2D eigenvalue weighted by molar-refractivity contribution is 0.0947. The summed E-state index contributed by atoms with van der Waals surface area (Å²) in [6.07, 6.45) is 9.40. The molecule has 27 heavy (non-hydrogen) atoms. The van der Waals surface area contributed by atoms with E-state index in [1.54, 1.807) is 24.5 Å². The molecule has 4 heteroatoms. The molecular formula is C23H31N3O. The highest BCUT2D eigenvalue weighted by atomic mass is 16.1. The van der Waals surface area contributed by atoms with Crippen LogP contribution in [-0.4, -0.2) is 36.4 Å². The maximum absolute atomic E-state index is 12.1. The van der Waals surface area contributed by atoms with Crippen molar-refractivity contribution in [3.05, 3.63) is 66.0 Å². The number of hydrogen-bond donors (Lipinski definition) is 1. The number of nitrogens with one attached hydrogen (secondary N) is 1. The van der Waals surface area contributed by atoms with Gasteiger partial charge >= 0.3 is 0 Å². The molecule has 1 N–H and O–H groups in total. The van der Waals surface area contributed by atoms with Gasteiger partial charge in [0.15, 0.2) is 0 Å². The Hall–Kier alpha value is -2.20. The molecule has 0 spiro atoms. The molecule has 0 saturated heterocycles. The van der Waals surface area contributed by atoms with Gasteiger partial charge in [0.2, 0.25) is 0 Å². The standard InChI is InChI=1S/C23H31N3O/c1-26(2)22(19-7-4-3-5-8-19)20-12-10-18(11-13-20)14-16-25-23(27)21-9-6-15-24-17-21/h3-9,15,17-18,20,22H,10-14,16H2,1-2H3,(H,25,27). The number of nitrogens with zero attached hydrogens (tertiary/aromatic N) is 2. The quantitative estimate of drug-likeness (QED) is 0.795. The van der Waals surface area contributed by atoms with Crippen LogP contribution >= 0.6 is 0 Å². The monoisotopic (exact) mass is 365 g/mol. The van der Waals surface area contributed by atoms with E-state index in [0.29, 0.717) is 23.4 Å². The van der Waals surface area contributed by atoms with Crippen molar-refractivity contribution in [2.75, 3.05) is 20.6 Å². The van der Waals surface area contributed by atoms with E-state index in [1.807, 2.05) is 0 Å². The van der Waals surface area contributed by atoms with Crippen LogP contribution in [-0.2, 0) is 0 Å². The Bertz CT molecular complexity index is 694. The third-order valence-electron chi connectivity index (χ3n) is 5.80. The highest BCUT2D eigenvalue weighted by Gasteiger charge is 2.29. The minimum Gasteiger partial charge on any atom is -0.352 e. The van der Waals surface area contributed by atoms with Crippen molar-refractivity contribution < 1.29 is 4.79 Å². The van der Waals surface area contributed by atoms with Crippen LogP contribution in [0.4, 0.5) is 0 Å². The third kappa shape index (κ3) is 5.39. The van der Waals surface area contributed by atoms with Gasteiger partial charge in [-0.1, -0.05) is 43.2 Å². The summed E-state index contributed by atoms with van der Waals surface area (Å²) >= 11 is 0. The van der Waals surface area contributed by atoms with Gasteiger partial charge in [-0.05, 0) is 62.9 Å². The molecule has 1 amide bonds. The molecule has 0 aliphatic heterocycles. The molecule has 144 valence electrons. The second-order valence-corrected chi connectivity index (χ2v) is 7.89. The number of amides is 1. The van der Waals surface area contributed by atoms with E-state index in [0.717, 1.165) is 13.0 Å². The zero-order valence-corrected chi connectivity index (χ0v) is 16.5. The maximum atomic E-state index is 12.1. The normalized spacial score (nSPS) is 21.0. The van der Waals surface area contributed by atoms with E-state index in [-0.39, 0.29) is 5.91 Å². The van der Waals surface area contributed by atoms with Gasteiger partial charge in [-0.3, -0.25) is 9.78 Å². The largest absolute Gasteiger partial charge is 0.352 e. The first-order chi connectivity index (χ1) is 13.1. The van der Waals surface area contributed by atoms with Crippen molar-refractivity contribution >= 4 is 5.91 Å². The van der Waals surface area contributed by atoms with Crippen molar-refractivity contribution in [1.82, 2.24) is 15.2 Å². The Morgan fingerprint density at radius 3 is 2.48 bits per heavy atom. The first kappa shape index (κ1) is 19.6. The molecule has 2 aromatic rings. The summed E-state index contributed by atoms with van der Waals surface area (Å²) in [5, 5.41) is 3.04. The first-order valence-corrected chi connectivity index (χ1v) is 10.0. The minimum absolute atomic E-state index is 0.0199. The van der Waals surface area contributed by atoms with Gasteiger partial charge in [-0.25, -0.2) is 0 Å². The predicted octanol–water partition coefficient (Wildman–Crippen LogP) is 4.31. The van der Waals surface area contributed by atoms with Gasteiger partial charge < -0.3 is 10.2 Å². The Morgan fingerprint density at radius 2 is 1.85 bits per heavy atom. The summed E-state index contributed by atoms with van der Waals surface area (Å²) in [6.45, 7) is 0.749. The number of pyridine rings is 1. The Balaban J connectivity index is 1.45. The molecule has 0 bridgehead atoms. The molecule has 3 rings (SSSR count). The van der Waals surface area contributed by atoms with Crippen molar-refractivity contribution in [1.29, 1.82) is 0 Å². The summed E-state index contributed by atoms with van der Waals surface area (Å²) in [7, 11) is 4.38. The molecule has 1 unspecified atom stereocenters. The molecule has 1 saturated carbocycles. The average molecular weight is 366 g/mol. The van der Waals surface area contributed by atoms with Crippen molar-refractivity contribution in [3.63, 3.8) is 0 Å². The van der Waals surface area contributed by atoms with Crippen molar-refractivity contribution in [2.45, 2.75) is 38.1 Å². The molecule has 1 aromatic carbocycles. The predicted molar refractivity (Wildman–Crippen MR) is 110 cm³/mol. The van der Waals surface area contributed by atoms with Crippen molar-refractivity contribution in [3.8, 4) is 0 Å². The molecule has 1 fully saturated rings. The van der Waals surface area contributed by atoms with Crippen LogP contribution in [0.2, 0.25) is 0 Å². The number of hydrogen-bond acceptors (Lipinski definition) is 3. The molecule has 1 aliphatic rings. The van der Waals surface area contributed by atoms with Gasteiger partial charge in [-0.2, -0.15) is 0 Å². The fourth-order valence-corrected chi connectivity index (χ4v) is 4.42. The molecule has 4 nitrogen and oxygen atoms in total. The van der Waals surface area contributed by atoms with Crippen LogP contribution in [0.3, 0.4) is 0 Å². The Labute approximate surface area is 163 Å². The zero-order chi connectivity index (χ0) is 19.1. The lowest BCUT2D eigenvalue weighted by Crippen LogP contribution is -2.31. The highest BCUT2D eigenvalue weighted by Crippen LogP contribution is 2.40. The first-order valence-electron chi connectivity index (χ1n) is 10.0. The highest BCUT2D eigenvalue weighted by molar-refractivity contribution is 5.93. The molecule has 1 atom stereocenters. The summed E-state index contributed by atoms with van der Waals surface area (Å²) in [6, 6.07) is 15.0. The molecular weight excluding hydrogens is 334 g/mol. The van der Waals surface area contributed by atoms with E-state index in [1.165, 1.54) is 31.2 Å². The molecule has 1 aliphatic carbocycles. The average Bonchev–Trinajstić information content (AvgIpc) is 2.70. The third-order valence-corrected chi connectivity index (χ3v) is 5.80. The van der Waals surface area contributed by atoms with Crippen LogP contribution in [0.25, 0.3) is 0 Å². The Kier molecular flexibility index (Phi) is 6.99. The summed E-state index contributed by atoms with van der Waals surface area (Å²) < 4.78 is 0. The smallest absolute Gasteiger partial charge is 0.252 e. The van der Waals surface area contributed by atoms with Gasteiger partial charge in [-0.15, -0.1) is 0 Å². The van der Waals surface area contributed by atoms with Crippen LogP contribution in [0, 0.1) is 11.8 Å². The van der Waals surface area contributed by atoms with Crippen LogP contribution < -0.4 is 5.32 Å². The fraction of sp³-hybridized carbons (Fsp3) is 0.478. The fourth-order valence-electron chi connectivity index (χ4n) is 4.42. The number of carbonyl (C=O) groups excluding carboxylic acids is 1. The second-order valence-electron chi connectivity index (χ2n) is 7.89.